The van der Waals surface area contributed by atoms with E-state index in [0.717, 1.165) is 57.6 Å². The number of hydrogen-bond donors (Lipinski definition) is 1. The number of amides is 1. The Morgan fingerprint density at radius 3 is 2.08 bits per heavy atom. The van der Waals surface area contributed by atoms with Crippen molar-refractivity contribution in [2.24, 2.45) is 0 Å². The van der Waals surface area contributed by atoms with Gasteiger partial charge in [-0.25, -0.2) is 0 Å². The SMILES string of the molecule is CN(C)c1ccc(C=C2SC(=S)N(CC(=O)O)C2=O)cc1-c1cc2c(cc1N(C)C)C(C)(C)CCC2(C)C. The first-order valence-corrected chi connectivity index (χ1v) is 14.0. The number of carbonyl (C=O) groups excluding carboxylic acids is 1. The Balaban J connectivity index is 1.90. The molecule has 0 radical (unpaired) electrons. The summed E-state index contributed by atoms with van der Waals surface area (Å²) >= 11 is 6.42. The number of carboxylic acid groups (broad SMARTS) is 1. The van der Waals surface area contributed by atoms with E-state index in [1.165, 1.54) is 11.1 Å². The molecule has 1 N–H and O–H groups in total. The van der Waals surface area contributed by atoms with Crippen molar-refractivity contribution >= 4 is 57.6 Å². The molecule has 2 aromatic rings. The third kappa shape index (κ3) is 5.21. The Morgan fingerprint density at radius 2 is 1.53 bits per heavy atom. The number of fused-ring (bicyclic) bond motifs is 1. The summed E-state index contributed by atoms with van der Waals surface area (Å²) in [7, 11) is 8.24. The molecular formula is C30H37N3O3S2. The van der Waals surface area contributed by atoms with Crippen LogP contribution in [0.2, 0.25) is 0 Å². The third-order valence-electron chi connectivity index (χ3n) is 7.71. The van der Waals surface area contributed by atoms with Gasteiger partial charge in [0.25, 0.3) is 5.91 Å². The van der Waals surface area contributed by atoms with E-state index in [9.17, 15) is 9.59 Å². The van der Waals surface area contributed by atoms with Gasteiger partial charge in [0.2, 0.25) is 0 Å². The van der Waals surface area contributed by atoms with Crippen LogP contribution in [0.25, 0.3) is 17.2 Å². The summed E-state index contributed by atoms with van der Waals surface area (Å²) in [5, 5.41) is 9.16. The van der Waals surface area contributed by atoms with E-state index < -0.39 is 12.5 Å². The predicted molar refractivity (Wildman–Crippen MR) is 163 cm³/mol. The first-order valence-electron chi connectivity index (χ1n) is 12.8. The zero-order valence-electron chi connectivity index (χ0n) is 23.5. The Bertz CT molecular complexity index is 1360. The zero-order chi connectivity index (χ0) is 28.2. The zero-order valence-corrected chi connectivity index (χ0v) is 25.1. The number of benzene rings is 2. The van der Waals surface area contributed by atoms with Gasteiger partial charge in [-0.3, -0.25) is 14.5 Å². The standard InChI is InChI=1S/C30H37N3O3S2/c1-29(2)11-12-30(3,4)22-16-24(32(7)8)20(15-21(22)29)19-13-18(9-10-23(19)31(5)6)14-25-27(36)33(17-26(34)35)28(37)38-25/h9-10,13-16H,11-12,17H2,1-8H3,(H,34,35). The van der Waals surface area contributed by atoms with Crippen LogP contribution in [0.1, 0.15) is 57.2 Å². The molecule has 0 aromatic heterocycles. The molecule has 8 heteroatoms. The van der Waals surface area contributed by atoms with Gasteiger partial charge in [-0.1, -0.05) is 57.7 Å². The summed E-state index contributed by atoms with van der Waals surface area (Å²) < 4.78 is 0.267. The number of aliphatic carboxylic acids is 1. The summed E-state index contributed by atoms with van der Waals surface area (Å²) in [6.45, 7) is 8.92. The van der Waals surface area contributed by atoms with E-state index in [1.807, 2.05) is 26.2 Å². The van der Waals surface area contributed by atoms with Crippen molar-refractivity contribution in [3.63, 3.8) is 0 Å². The molecule has 0 saturated carbocycles. The molecule has 1 heterocycles. The van der Waals surface area contributed by atoms with Crippen LogP contribution in [0.3, 0.4) is 0 Å². The molecule has 202 valence electrons. The van der Waals surface area contributed by atoms with Gasteiger partial charge in [-0.2, -0.15) is 0 Å². The first-order chi connectivity index (χ1) is 17.6. The van der Waals surface area contributed by atoms with Gasteiger partial charge in [0.15, 0.2) is 0 Å². The van der Waals surface area contributed by atoms with Crippen LogP contribution >= 0.6 is 24.0 Å². The maximum Gasteiger partial charge on any atom is 0.323 e. The third-order valence-corrected chi connectivity index (χ3v) is 9.09. The normalized spacial score (nSPS) is 19.1. The molecule has 1 aliphatic carbocycles. The highest BCUT2D eigenvalue weighted by Gasteiger charge is 2.38. The first kappa shape index (κ1) is 28.2. The average molecular weight is 552 g/mol. The molecule has 0 atom stereocenters. The molecule has 2 aromatic carbocycles. The number of carbonyl (C=O) groups is 2. The highest BCUT2D eigenvalue weighted by atomic mass is 32.2. The van der Waals surface area contributed by atoms with Gasteiger partial charge in [-0.15, -0.1) is 0 Å². The highest BCUT2D eigenvalue weighted by Crippen LogP contribution is 2.50. The second-order valence-corrected chi connectivity index (χ2v) is 13.6. The lowest BCUT2D eigenvalue weighted by Gasteiger charge is -2.43. The second kappa shape index (κ2) is 10.0. The van der Waals surface area contributed by atoms with Crippen molar-refractivity contribution in [1.82, 2.24) is 4.90 Å². The Morgan fingerprint density at radius 1 is 0.974 bits per heavy atom. The minimum absolute atomic E-state index is 0.0680. The quantitative estimate of drug-likeness (QED) is 0.343. The smallest absolute Gasteiger partial charge is 0.323 e. The topological polar surface area (TPSA) is 64.1 Å². The summed E-state index contributed by atoms with van der Waals surface area (Å²) in [5.41, 5.74) is 8.29. The fraction of sp³-hybridized carbons (Fsp3) is 0.433. The van der Waals surface area contributed by atoms with Crippen LogP contribution in [-0.4, -0.2) is 60.9 Å². The van der Waals surface area contributed by atoms with Crippen LogP contribution in [0, 0.1) is 0 Å². The molecule has 1 saturated heterocycles. The predicted octanol–water partition coefficient (Wildman–Crippen LogP) is 6.12. The molecule has 0 bridgehead atoms. The molecule has 6 nitrogen and oxygen atoms in total. The summed E-state index contributed by atoms with van der Waals surface area (Å²) in [6.07, 6.45) is 4.09. The Hall–Kier alpha value is -2.84. The van der Waals surface area contributed by atoms with Crippen LogP contribution in [0.15, 0.2) is 35.2 Å². The van der Waals surface area contributed by atoms with Crippen molar-refractivity contribution in [3.05, 3.63) is 51.9 Å². The monoisotopic (exact) mass is 551 g/mol. The van der Waals surface area contributed by atoms with Crippen molar-refractivity contribution < 1.29 is 14.7 Å². The van der Waals surface area contributed by atoms with E-state index in [4.69, 9.17) is 17.3 Å². The van der Waals surface area contributed by atoms with Crippen LogP contribution < -0.4 is 9.80 Å². The minimum Gasteiger partial charge on any atom is -0.480 e. The molecule has 4 rings (SSSR count). The van der Waals surface area contributed by atoms with Gasteiger partial charge in [-0.05, 0) is 70.7 Å². The molecule has 0 unspecified atom stereocenters. The Labute approximate surface area is 235 Å². The van der Waals surface area contributed by atoms with E-state index in [-0.39, 0.29) is 21.1 Å². The number of nitrogens with zero attached hydrogens (tertiary/aromatic N) is 3. The van der Waals surface area contributed by atoms with Crippen molar-refractivity contribution in [1.29, 1.82) is 0 Å². The fourth-order valence-corrected chi connectivity index (χ4v) is 6.62. The van der Waals surface area contributed by atoms with Crippen LogP contribution in [-0.2, 0) is 20.4 Å². The Kier molecular flexibility index (Phi) is 7.45. The summed E-state index contributed by atoms with van der Waals surface area (Å²) in [5.74, 6) is -1.46. The van der Waals surface area contributed by atoms with Crippen LogP contribution in [0.5, 0.6) is 0 Å². The summed E-state index contributed by atoms with van der Waals surface area (Å²) in [6, 6.07) is 10.9. The molecule has 0 spiro atoms. The maximum absolute atomic E-state index is 12.9. The van der Waals surface area contributed by atoms with Gasteiger partial charge in [0, 0.05) is 50.7 Å². The molecule has 1 aliphatic heterocycles. The lowest BCUT2D eigenvalue weighted by molar-refractivity contribution is -0.140. The van der Waals surface area contributed by atoms with Crippen molar-refractivity contribution in [3.8, 4) is 11.1 Å². The van der Waals surface area contributed by atoms with Gasteiger partial charge in [0.05, 0.1) is 4.91 Å². The number of hydrogen-bond acceptors (Lipinski definition) is 6. The van der Waals surface area contributed by atoms with Crippen molar-refractivity contribution in [2.45, 2.75) is 51.4 Å². The molecule has 2 aliphatic rings. The lowest BCUT2D eigenvalue weighted by Crippen LogP contribution is -2.34. The molecule has 38 heavy (non-hydrogen) atoms. The average Bonchev–Trinajstić information content (AvgIpc) is 3.08. The summed E-state index contributed by atoms with van der Waals surface area (Å²) in [4.78, 5) is 30.0. The number of anilines is 2. The van der Waals surface area contributed by atoms with E-state index in [0.29, 0.717) is 4.91 Å². The van der Waals surface area contributed by atoms with Gasteiger partial charge >= 0.3 is 5.97 Å². The number of carboxylic acids is 1. The largest absolute Gasteiger partial charge is 0.480 e. The lowest BCUT2D eigenvalue weighted by atomic mass is 9.62. The second-order valence-electron chi connectivity index (χ2n) is 11.9. The van der Waals surface area contributed by atoms with E-state index in [1.54, 1.807) is 0 Å². The molecule has 1 amide bonds. The number of thioether (sulfide) groups is 1. The molecular weight excluding hydrogens is 514 g/mol. The van der Waals surface area contributed by atoms with E-state index >= 15 is 0 Å². The number of thiocarbonyl (C=S) groups is 1. The highest BCUT2D eigenvalue weighted by molar-refractivity contribution is 8.26. The van der Waals surface area contributed by atoms with Crippen LogP contribution in [0.4, 0.5) is 11.4 Å². The minimum atomic E-state index is -1.09. The van der Waals surface area contributed by atoms with Gasteiger partial charge < -0.3 is 14.9 Å². The number of rotatable bonds is 6. The molecule has 1 fully saturated rings. The van der Waals surface area contributed by atoms with Gasteiger partial charge in [0.1, 0.15) is 10.9 Å². The fourth-order valence-electron chi connectivity index (χ4n) is 5.36. The maximum atomic E-state index is 12.9. The van der Waals surface area contributed by atoms with Crippen molar-refractivity contribution in [2.75, 3.05) is 44.5 Å². The van der Waals surface area contributed by atoms with E-state index in [2.05, 4.69) is 75.9 Å².